The minimum absolute atomic E-state index is 0.222. The number of hydrogen-bond donors (Lipinski definition) is 1. The van der Waals surface area contributed by atoms with E-state index in [-0.39, 0.29) is 5.91 Å². The summed E-state index contributed by atoms with van der Waals surface area (Å²) in [4.78, 5) is 12.7. The number of hydrazone groups is 1. The van der Waals surface area contributed by atoms with Gasteiger partial charge in [-0.3, -0.25) is 4.79 Å². The average Bonchev–Trinajstić information content (AvgIpc) is 2.93. The summed E-state index contributed by atoms with van der Waals surface area (Å²) in [5, 5.41) is 18.1. The molecule has 0 radical (unpaired) electrons. The van der Waals surface area contributed by atoms with Gasteiger partial charge >= 0.3 is 0 Å². The van der Waals surface area contributed by atoms with Gasteiger partial charge < -0.3 is 5.21 Å². The molecule has 5 heteroatoms. The lowest BCUT2D eigenvalue weighted by Crippen LogP contribution is -2.32. The quantitative estimate of drug-likeness (QED) is 0.537. The summed E-state index contributed by atoms with van der Waals surface area (Å²) in [6.45, 7) is 1.62. The van der Waals surface area contributed by atoms with Gasteiger partial charge in [0.05, 0.1) is 17.1 Å². The van der Waals surface area contributed by atoms with Gasteiger partial charge in [0, 0.05) is 0 Å². The van der Waals surface area contributed by atoms with Gasteiger partial charge in [0.15, 0.2) is 0 Å². The van der Waals surface area contributed by atoms with Gasteiger partial charge in [-0.25, -0.2) is 0 Å². The molecule has 0 saturated heterocycles. The van der Waals surface area contributed by atoms with E-state index in [1.54, 1.807) is 6.92 Å². The van der Waals surface area contributed by atoms with E-state index in [4.69, 9.17) is 5.21 Å². The third-order valence-electron chi connectivity index (χ3n) is 3.58. The Balaban J connectivity index is 2.09. The van der Waals surface area contributed by atoms with Crippen molar-refractivity contribution in [3.05, 3.63) is 66.2 Å². The molecule has 22 heavy (non-hydrogen) atoms. The Morgan fingerprint density at radius 3 is 2.27 bits per heavy atom. The minimum Gasteiger partial charge on any atom is -0.411 e. The summed E-state index contributed by atoms with van der Waals surface area (Å²) in [5.74, 6) is -0.895. The van der Waals surface area contributed by atoms with Crippen molar-refractivity contribution in [2.24, 2.45) is 16.2 Å². The second-order valence-electron chi connectivity index (χ2n) is 5.01. The normalized spacial score (nSPS) is 18.5. The molecule has 1 unspecified atom stereocenters. The number of nitrogens with zero attached hydrogens (tertiary/aromatic N) is 3. The molecule has 2 aromatic rings. The van der Waals surface area contributed by atoms with Gasteiger partial charge in [0.2, 0.25) is 0 Å². The Labute approximate surface area is 128 Å². The van der Waals surface area contributed by atoms with Gasteiger partial charge in [0.1, 0.15) is 5.92 Å². The van der Waals surface area contributed by atoms with Crippen molar-refractivity contribution in [3.8, 4) is 0 Å². The van der Waals surface area contributed by atoms with E-state index >= 15 is 0 Å². The summed E-state index contributed by atoms with van der Waals surface area (Å²) in [6.07, 6.45) is 0. The molecule has 0 aromatic heterocycles. The zero-order valence-corrected chi connectivity index (χ0v) is 12.0. The minimum atomic E-state index is -0.674. The Bertz CT molecular complexity index is 739. The second-order valence-corrected chi connectivity index (χ2v) is 5.01. The van der Waals surface area contributed by atoms with Crippen LogP contribution in [0.2, 0.25) is 0 Å². The van der Waals surface area contributed by atoms with Gasteiger partial charge in [0.25, 0.3) is 5.91 Å². The molecule has 0 aliphatic carbocycles. The number of carbonyl (C=O) groups is 1. The van der Waals surface area contributed by atoms with Crippen LogP contribution < -0.4 is 5.01 Å². The van der Waals surface area contributed by atoms with Crippen LogP contribution in [0.25, 0.3) is 0 Å². The first-order valence-electron chi connectivity index (χ1n) is 6.94. The maximum atomic E-state index is 12.7. The van der Waals surface area contributed by atoms with E-state index in [9.17, 15) is 4.79 Å². The first kappa shape index (κ1) is 14.0. The lowest BCUT2D eigenvalue weighted by Gasteiger charge is -2.13. The summed E-state index contributed by atoms with van der Waals surface area (Å²) in [7, 11) is 0. The molecule has 1 aliphatic heterocycles. The highest BCUT2D eigenvalue weighted by molar-refractivity contribution is 6.32. The third kappa shape index (κ3) is 2.37. The summed E-state index contributed by atoms with van der Waals surface area (Å²) in [6, 6.07) is 18.7. The smallest absolute Gasteiger partial charge is 0.262 e. The molecule has 0 bridgehead atoms. The van der Waals surface area contributed by atoms with Crippen molar-refractivity contribution in [3.63, 3.8) is 0 Å². The fraction of sp³-hybridized carbons (Fsp3) is 0.118. The molecule has 1 N–H and O–H groups in total. The van der Waals surface area contributed by atoms with Crippen LogP contribution in [0.3, 0.4) is 0 Å². The zero-order chi connectivity index (χ0) is 15.5. The maximum Gasteiger partial charge on any atom is 0.262 e. The van der Waals surface area contributed by atoms with E-state index in [0.717, 1.165) is 5.56 Å². The summed E-state index contributed by atoms with van der Waals surface area (Å²) >= 11 is 0. The van der Waals surface area contributed by atoms with Crippen molar-refractivity contribution in [2.75, 3.05) is 5.01 Å². The fourth-order valence-electron chi connectivity index (χ4n) is 2.48. The average molecular weight is 293 g/mol. The molecule has 0 spiro atoms. The monoisotopic (exact) mass is 293 g/mol. The molecular weight excluding hydrogens is 278 g/mol. The van der Waals surface area contributed by atoms with Crippen molar-refractivity contribution in [2.45, 2.75) is 6.92 Å². The van der Waals surface area contributed by atoms with Crippen molar-refractivity contribution in [1.29, 1.82) is 0 Å². The van der Waals surface area contributed by atoms with Gasteiger partial charge in [-0.05, 0) is 24.6 Å². The topological polar surface area (TPSA) is 65.3 Å². The number of anilines is 1. The number of oxime groups is 1. The molecule has 1 aliphatic rings. The lowest BCUT2D eigenvalue weighted by molar-refractivity contribution is -0.118. The van der Waals surface area contributed by atoms with E-state index in [2.05, 4.69) is 10.3 Å². The molecule has 1 heterocycles. The summed E-state index contributed by atoms with van der Waals surface area (Å²) in [5.41, 5.74) is 2.44. The highest BCUT2D eigenvalue weighted by Crippen LogP contribution is 2.27. The van der Waals surface area contributed by atoms with Crippen LogP contribution in [0.1, 0.15) is 12.5 Å². The molecule has 0 saturated carbocycles. The van der Waals surface area contributed by atoms with Gasteiger partial charge in [-0.15, -0.1) is 0 Å². The lowest BCUT2D eigenvalue weighted by atomic mass is 9.93. The van der Waals surface area contributed by atoms with Crippen LogP contribution in [-0.4, -0.2) is 22.5 Å². The second kappa shape index (κ2) is 5.81. The highest BCUT2D eigenvalue weighted by Gasteiger charge is 2.39. The Hall–Kier alpha value is -2.95. The fourth-order valence-corrected chi connectivity index (χ4v) is 2.48. The largest absolute Gasteiger partial charge is 0.411 e. The van der Waals surface area contributed by atoms with Crippen molar-refractivity contribution in [1.82, 2.24) is 0 Å². The molecule has 0 fully saturated rings. The SMILES string of the molecule is CC(=NO)C1C(=O)N(c2ccccc2)N=C1c1ccccc1. The number of benzene rings is 2. The van der Waals surface area contributed by atoms with Crippen molar-refractivity contribution < 1.29 is 10.0 Å². The molecule has 110 valence electrons. The number of hydrogen-bond acceptors (Lipinski definition) is 4. The van der Waals surface area contributed by atoms with Crippen LogP contribution in [0.15, 0.2) is 70.9 Å². The molecule has 1 atom stereocenters. The van der Waals surface area contributed by atoms with E-state index in [1.807, 2.05) is 60.7 Å². The Kier molecular flexibility index (Phi) is 3.70. The zero-order valence-electron chi connectivity index (χ0n) is 12.0. The number of rotatable bonds is 3. The van der Waals surface area contributed by atoms with Crippen molar-refractivity contribution >= 4 is 23.0 Å². The number of carbonyl (C=O) groups excluding carboxylic acids is 1. The molecule has 2 aromatic carbocycles. The van der Waals surface area contributed by atoms with Crippen LogP contribution in [0, 0.1) is 5.92 Å². The Morgan fingerprint density at radius 2 is 1.68 bits per heavy atom. The van der Waals surface area contributed by atoms with E-state index in [1.165, 1.54) is 5.01 Å². The van der Waals surface area contributed by atoms with Crippen LogP contribution in [0.5, 0.6) is 0 Å². The Morgan fingerprint density at radius 1 is 1.09 bits per heavy atom. The van der Waals surface area contributed by atoms with E-state index in [0.29, 0.717) is 17.1 Å². The van der Waals surface area contributed by atoms with Crippen LogP contribution in [0.4, 0.5) is 5.69 Å². The number of para-hydroxylation sites is 1. The van der Waals surface area contributed by atoms with Gasteiger partial charge in [-0.2, -0.15) is 10.1 Å². The highest BCUT2D eigenvalue weighted by atomic mass is 16.4. The van der Waals surface area contributed by atoms with Crippen LogP contribution >= 0.6 is 0 Å². The molecule has 5 nitrogen and oxygen atoms in total. The third-order valence-corrected chi connectivity index (χ3v) is 3.58. The summed E-state index contributed by atoms with van der Waals surface area (Å²) < 4.78 is 0. The standard InChI is InChI=1S/C17H15N3O2/c1-12(19-22)15-16(13-8-4-2-5-9-13)18-20(17(15)21)14-10-6-3-7-11-14/h2-11,15,22H,1H3. The van der Waals surface area contributed by atoms with Crippen LogP contribution in [-0.2, 0) is 4.79 Å². The van der Waals surface area contributed by atoms with E-state index < -0.39 is 5.92 Å². The first-order valence-corrected chi connectivity index (χ1v) is 6.94. The first-order chi connectivity index (χ1) is 10.7. The molecular formula is C17H15N3O2. The van der Waals surface area contributed by atoms with Gasteiger partial charge in [-0.1, -0.05) is 53.7 Å². The molecule has 1 amide bonds. The number of amides is 1. The molecule has 3 rings (SSSR count). The predicted octanol–water partition coefficient (Wildman–Crippen LogP) is 2.90. The predicted molar refractivity (Wildman–Crippen MR) is 85.3 cm³/mol. The maximum absolute atomic E-state index is 12.7.